The molecule has 1 amide bonds. The van der Waals surface area contributed by atoms with Crippen LogP contribution in [-0.4, -0.2) is 53.5 Å². The predicted octanol–water partition coefficient (Wildman–Crippen LogP) is 2.40. The molecule has 1 unspecified atom stereocenters. The SMILES string of the molecule is COc1ccc(C(CNC(=O)CCNS(=O)(=O)c2ccc(C)cc2C)N(C)C)cc1. The van der Waals surface area contributed by atoms with Gasteiger partial charge in [-0.05, 0) is 57.3 Å². The molecule has 0 fully saturated rings. The van der Waals surface area contributed by atoms with Gasteiger partial charge < -0.3 is 15.0 Å². The van der Waals surface area contributed by atoms with Gasteiger partial charge in [-0.1, -0.05) is 29.8 Å². The Labute approximate surface area is 179 Å². The third-order valence-electron chi connectivity index (χ3n) is 4.88. The van der Waals surface area contributed by atoms with Crippen LogP contribution in [0.1, 0.15) is 29.2 Å². The number of sulfonamides is 1. The van der Waals surface area contributed by atoms with Gasteiger partial charge in [-0.3, -0.25) is 4.79 Å². The molecule has 2 N–H and O–H groups in total. The maximum Gasteiger partial charge on any atom is 0.240 e. The monoisotopic (exact) mass is 433 g/mol. The van der Waals surface area contributed by atoms with Crippen LogP contribution in [-0.2, 0) is 14.8 Å². The zero-order chi connectivity index (χ0) is 22.3. The van der Waals surface area contributed by atoms with Gasteiger partial charge in [0.1, 0.15) is 5.75 Å². The van der Waals surface area contributed by atoms with Crippen LogP contribution in [0.15, 0.2) is 47.4 Å². The summed E-state index contributed by atoms with van der Waals surface area (Å²) in [6.45, 7) is 4.13. The Morgan fingerprint density at radius 3 is 2.33 bits per heavy atom. The molecule has 0 bridgehead atoms. The lowest BCUT2D eigenvalue weighted by molar-refractivity contribution is -0.121. The molecule has 0 aliphatic heterocycles. The van der Waals surface area contributed by atoms with Crippen molar-refractivity contribution in [3.8, 4) is 5.75 Å². The fourth-order valence-electron chi connectivity index (χ4n) is 3.20. The molecule has 0 aliphatic carbocycles. The first-order chi connectivity index (χ1) is 14.1. The van der Waals surface area contributed by atoms with Gasteiger partial charge in [0.05, 0.1) is 18.0 Å². The summed E-state index contributed by atoms with van der Waals surface area (Å²) in [6, 6.07) is 12.9. The number of rotatable bonds is 10. The second-order valence-electron chi connectivity index (χ2n) is 7.47. The van der Waals surface area contributed by atoms with Gasteiger partial charge >= 0.3 is 0 Å². The van der Waals surface area contributed by atoms with Gasteiger partial charge in [-0.25, -0.2) is 13.1 Å². The molecule has 30 heavy (non-hydrogen) atoms. The van der Waals surface area contributed by atoms with Gasteiger partial charge in [0, 0.05) is 19.5 Å². The molecule has 0 spiro atoms. The topological polar surface area (TPSA) is 87.7 Å². The highest BCUT2D eigenvalue weighted by Gasteiger charge is 2.18. The van der Waals surface area contributed by atoms with Crippen molar-refractivity contribution in [2.75, 3.05) is 34.3 Å². The number of nitrogens with one attached hydrogen (secondary N) is 2. The zero-order valence-electron chi connectivity index (χ0n) is 18.2. The van der Waals surface area contributed by atoms with E-state index >= 15 is 0 Å². The van der Waals surface area contributed by atoms with Crippen molar-refractivity contribution in [1.29, 1.82) is 0 Å². The number of hydrogen-bond donors (Lipinski definition) is 2. The molecule has 0 saturated carbocycles. The Bertz CT molecular complexity index is 957. The van der Waals surface area contributed by atoms with E-state index in [0.717, 1.165) is 16.9 Å². The minimum absolute atomic E-state index is 0.00763. The zero-order valence-corrected chi connectivity index (χ0v) is 19.0. The van der Waals surface area contributed by atoms with Gasteiger partial charge in [0.25, 0.3) is 0 Å². The molecule has 2 rings (SSSR count). The molecule has 7 nitrogen and oxygen atoms in total. The lowest BCUT2D eigenvalue weighted by atomic mass is 10.1. The second kappa shape index (κ2) is 10.6. The molecule has 0 saturated heterocycles. The largest absolute Gasteiger partial charge is 0.497 e. The Morgan fingerprint density at radius 2 is 1.77 bits per heavy atom. The third kappa shape index (κ3) is 6.55. The van der Waals surface area contributed by atoms with Crippen LogP contribution in [0, 0.1) is 13.8 Å². The van der Waals surface area contributed by atoms with Crippen molar-refractivity contribution in [3.63, 3.8) is 0 Å². The summed E-state index contributed by atoms with van der Waals surface area (Å²) in [5.41, 5.74) is 2.73. The number of likely N-dealkylation sites (N-methyl/N-ethyl adjacent to an activating group) is 1. The summed E-state index contributed by atoms with van der Waals surface area (Å²) in [4.78, 5) is 14.5. The van der Waals surface area contributed by atoms with Crippen molar-refractivity contribution in [3.05, 3.63) is 59.2 Å². The van der Waals surface area contributed by atoms with E-state index in [-0.39, 0.29) is 29.8 Å². The number of hydrogen-bond acceptors (Lipinski definition) is 5. The van der Waals surface area contributed by atoms with E-state index < -0.39 is 10.0 Å². The number of nitrogens with zero attached hydrogens (tertiary/aromatic N) is 1. The maximum atomic E-state index is 12.5. The van der Waals surface area contributed by atoms with Crippen molar-refractivity contribution in [2.45, 2.75) is 31.2 Å². The third-order valence-corrected chi connectivity index (χ3v) is 6.50. The number of ether oxygens (including phenoxy) is 1. The molecule has 0 aliphatic rings. The molecule has 0 heterocycles. The summed E-state index contributed by atoms with van der Waals surface area (Å²) >= 11 is 0. The first-order valence-electron chi connectivity index (χ1n) is 9.78. The van der Waals surface area contributed by atoms with E-state index in [0.29, 0.717) is 12.1 Å². The van der Waals surface area contributed by atoms with Gasteiger partial charge in [-0.2, -0.15) is 0 Å². The quantitative estimate of drug-likeness (QED) is 0.601. The molecular weight excluding hydrogens is 402 g/mol. The molecule has 8 heteroatoms. The summed E-state index contributed by atoms with van der Waals surface area (Å²) in [5.74, 6) is 0.565. The summed E-state index contributed by atoms with van der Waals surface area (Å²) in [5, 5.41) is 2.89. The fraction of sp³-hybridized carbons (Fsp3) is 0.409. The van der Waals surface area contributed by atoms with E-state index in [1.165, 1.54) is 0 Å². The van der Waals surface area contributed by atoms with E-state index in [9.17, 15) is 13.2 Å². The summed E-state index contributed by atoms with van der Waals surface area (Å²) in [6.07, 6.45) is 0.0624. The Balaban J connectivity index is 1.88. The van der Waals surface area contributed by atoms with E-state index in [2.05, 4.69) is 10.0 Å². The lowest BCUT2D eigenvalue weighted by Crippen LogP contribution is -2.36. The molecule has 1 atom stereocenters. The van der Waals surface area contributed by atoms with Crippen LogP contribution in [0.3, 0.4) is 0 Å². The van der Waals surface area contributed by atoms with Crippen molar-refractivity contribution in [1.82, 2.24) is 14.9 Å². The average Bonchev–Trinajstić information content (AvgIpc) is 2.68. The van der Waals surface area contributed by atoms with Crippen molar-refractivity contribution >= 4 is 15.9 Å². The highest BCUT2D eigenvalue weighted by molar-refractivity contribution is 7.89. The fourth-order valence-corrected chi connectivity index (χ4v) is 4.46. The number of carbonyl (C=O) groups excluding carboxylic acids is 1. The van der Waals surface area contributed by atoms with Crippen LogP contribution in [0.2, 0.25) is 0 Å². The number of carbonyl (C=O) groups is 1. The molecule has 2 aromatic rings. The van der Waals surface area contributed by atoms with Gasteiger partial charge in [0.2, 0.25) is 15.9 Å². The lowest BCUT2D eigenvalue weighted by Gasteiger charge is -2.25. The molecule has 0 aromatic heterocycles. The van der Waals surface area contributed by atoms with E-state index in [1.807, 2.05) is 56.3 Å². The first kappa shape index (κ1) is 23.9. The first-order valence-corrected chi connectivity index (χ1v) is 11.3. The minimum atomic E-state index is -3.65. The number of amides is 1. The van der Waals surface area contributed by atoms with Crippen LogP contribution in [0.4, 0.5) is 0 Å². The Kier molecular flexibility index (Phi) is 8.40. The van der Waals surface area contributed by atoms with Crippen LogP contribution in [0.25, 0.3) is 0 Å². The van der Waals surface area contributed by atoms with E-state index in [1.54, 1.807) is 26.2 Å². The highest BCUT2D eigenvalue weighted by Crippen LogP contribution is 2.21. The smallest absolute Gasteiger partial charge is 0.240 e. The van der Waals surface area contributed by atoms with Crippen LogP contribution >= 0.6 is 0 Å². The minimum Gasteiger partial charge on any atom is -0.497 e. The molecular formula is C22H31N3O4S. The Morgan fingerprint density at radius 1 is 1.10 bits per heavy atom. The standard InChI is InChI=1S/C22H31N3O4S/c1-16-6-11-21(17(2)14-16)30(27,28)24-13-12-22(26)23-15-20(25(3)4)18-7-9-19(29-5)10-8-18/h6-11,14,20,24H,12-13,15H2,1-5H3,(H,23,26). The number of aryl methyl sites for hydroxylation is 2. The average molecular weight is 434 g/mol. The Hall–Kier alpha value is -2.42. The van der Waals surface area contributed by atoms with Crippen LogP contribution < -0.4 is 14.8 Å². The summed E-state index contributed by atoms with van der Waals surface area (Å²) in [7, 11) is 1.86. The number of benzene rings is 2. The number of methoxy groups -OCH3 is 1. The molecule has 2 aromatic carbocycles. The molecule has 0 radical (unpaired) electrons. The normalized spacial score (nSPS) is 12.6. The summed E-state index contributed by atoms with van der Waals surface area (Å²) < 4.78 is 32.7. The maximum absolute atomic E-state index is 12.5. The van der Waals surface area contributed by atoms with Crippen LogP contribution in [0.5, 0.6) is 5.75 Å². The van der Waals surface area contributed by atoms with Crippen molar-refractivity contribution < 1.29 is 17.9 Å². The van der Waals surface area contributed by atoms with E-state index in [4.69, 9.17) is 4.74 Å². The highest BCUT2D eigenvalue weighted by atomic mass is 32.2. The van der Waals surface area contributed by atoms with Crippen molar-refractivity contribution in [2.24, 2.45) is 0 Å². The second-order valence-corrected chi connectivity index (χ2v) is 9.21. The molecule has 164 valence electrons. The van der Waals surface area contributed by atoms with Gasteiger partial charge in [-0.15, -0.1) is 0 Å². The van der Waals surface area contributed by atoms with Gasteiger partial charge in [0.15, 0.2) is 0 Å². The predicted molar refractivity (Wildman–Crippen MR) is 118 cm³/mol.